The van der Waals surface area contributed by atoms with E-state index in [4.69, 9.17) is 4.42 Å². The van der Waals surface area contributed by atoms with Crippen molar-refractivity contribution in [1.29, 1.82) is 0 Å². The summed E-state index contributed by atoms with van der Waals surface area (Å²) >= 11 is 0. The van der Waals surface area contributed by atoms with Crippen LogP contribution in [-0.4, -0.2) is 43.7 Å². The van der Waals surface area contributed by atoms with E-state index >= 15 is 0 Å². The van der Waals surface area contributed by atoms with Crippen molar-refractivity contribution < 1.29 is 14.3 Å². The van der Waals surface area contributed by atoms with E-state index in [2.05, 4.69) is 0 Å². The topological polar surface area (TPSA) is 78.2 Å². The van der Waals surface area contributed by atoms with Gasteiger partial charge in [0.25, 0.3) is 5.56 Å². The molecule has 34 heavy (non-hydrogen) atoms. The number of carboxylic acids is 1. The lowest BCUT2D eigenvalue weighted by atomic mass is 9.92. The molecule has 1 aliphatic heterocycles. The molecule has 7 heteroatoms. The van der Waals surface area contributed by atoms with Gasteiger partial charge in [0.1, 0.15) is 31.0 Å². The fraction of sp³-hybridized carbons (Fsp3) is 0.148. The monoisotopic (exact) mass is 454 g/mol. The SMILES string of the molecule is CN(C)c1ccc2c(-c3cc(C(=O)O)c(=O)n4ccccc34)c3ccc(=[N+](C)C)cc-3oc2c1. The number of anilines is 1. The number of rotatable bonds is 3. The quantitative estimate of drug-likeness (QED) is 0.333. The van der Waals surface area contributed by atoms with Gasteiger partial charge in [-0.15, -0.1) is 0 Å². The normalized spacial score (nSPS) is 11.3. The number of benzene rings is 2. The maximum atomic E-state index is 12.9. The second kappa shape index (κ2) is 7.88. The molecule has 1 N–H and O–H groups in total. The van der Waals surface area contributed by atoms with E-state index < -0.39 is 11.5 Å². The number of aromatic nitrogens is 1. The molecule has 0 bridgehead atoms. The van der Waals surface area contributed by atoms with Crippen molar-refractivity contribution in [2.75, 3.05) is 33.1 Å². The first kappa shape index (κ1) is 21.5. The molecule has 1 aliphatic carbocycles. The summed E-state index contributed by atoms with van der Waals surface area (Å²) in [7, 11) is 7.85. The van der Waals surface area contributed by atoms with Gasteiger partial charge in [0.15, 0.2) is 0 Å². The van der Waals surface area contributed by atoms with Crippen LogP contribution in [0.15, 0.2) is 76.1 Å². The van der Waals surface area contributed by atoms with Gasteiger partial charge in [0.05, 0.1) is 11.6 Å². The Morgan fingerprint density at radius 1 is 1.00 bits per heavy atom. The summed E-state index contributed by atoms with van der Waals surface area (Å²) in [5.74, 6) is -0.592. The van der Waals surface area contributed by atoms with Crippen LogP contribution in [0.25, 0.3) is 38.9 Å². The van der Waals surface area contributed by atoms with Crippen LogP contribution in [0.2, 0.25) is 0 Å². The largest absolute Gasteiger partial charge is 0.477 e. The maximum absolute atomic E-state index is 12.9. The van der Waals surface area contributed by atoms with Crippen LogP contribution in [0.5, 0.6) is 0 Å². The van der Waals surface area contributed by atoms with E-state index in [1.54, 1.807) is 12.3 Å². The number of aromatic carboxylic acids is 1. The van der Waals surface area contributed by atoms with Crippen molar-refractivity contribution in [2.45, 2.75) is 0 Å². The van der Waals surface area contributed by atoms with Crippen molar-refractivity contribution in [3.63, 3.8) is 0 Å². The molecular weight excluding hydrogens is 430 g/mol. The summed E-state index contributed by atoms with van der Waals surface area (Å²) in [4.78, 5) is 26.8. The molecule has 2 aromatic heterocycles. The minimum Gasteiger partial charge on any atom is -0.477 e. The Morgan fingerprint density at radius 2 is 1.79 bits per heavy atom. The summed E-state index contributed by atoms with van der Waals surface area (Å²) in [6.45, 7) is 0. The summed E-state index contributed by atoms with van der Waals surface area (Å²) in [6, 6.07) is 18.7. The number of hydrogen-bond donors (Lipinski definition) is 1. The highest BCUT2D eigenvalue weighted by Crippen LogP contribution is 2.42. The minimum absolute atomic E-state index is 0.282. The van der Waals surface area contributed by atoms with Gasteiger partial charge in [-0.25, -0.2) is 9.37 Å². The highest BCUT2D eigenvalue weighted by atomic mass is 16.4. The molecule has 170 valence electrons. The zero-order valence-electron chi connectivity index (χ0n) is 19.4. The van der Waals surface area contributed by atoms with Gasteiger partial charge in [0, 0.05) is 60.2 Å². The van der Waals surface area contributed by atoms with Gasteiger partial charge in [-0.2, -0.15) is 0 Å². The van der Waals surface area contributed by atoms with Crippen molar-refractivity contribution >= 4 is 28.1 Å². The number of hydrogen-bond acceptors (Lipinski definition) is 4. The van der Waals surface area contributed by atoms with E-state index in [9.17, 15) is 14.7 Å². The third-order valence-corrected chi connectivity index (χ3v) is 6.10. The second-order valence-corrected chi connectivity index (χ2v) is 8.66. The van der Waals surface area contributed by atoms with E-state index in [0.29, 0.717) is 22.4 Å². The first-order valence-electron chi connectivity index (χ1n) is 10.8. The molecule has 0 radical (unpaired) electrons. The molecule has 3 heterocycles. The average Bonchev–Trinajstić information content (AvgIpc) is 2.82. The lowest BCUT2D eigenvalue weighted by Crippen LogP contribution is -2.22. The lowest BCUT2D eigenvalue weighted by molar-refractivity contribution is 0.0695. The smallest absolute Gasteiger partial charge is 0.341 e. The Balaban J connectivity index is 2.02. The Labute approximate surface area is 195 Å². The van der Waals surface area contributed by atoms with Crippen molar-refractivity contribution in [2.24, 2.45) is 0 Å². The highest BCUT2D eigenvalue weighted by Gasteiger charge is 2.23. The molecule has 7 nitrogen and oxygen atoms in total. The maximum Gasteiger partial charge on any atom is 0.341 e. The zero-order valence-corrected chi connectivity index (χ0v) is 19.4. The second-order valence-electron chi connectivity index (χ2n) is 8.66. The van der Waals surface area contributed by atoms with Crippen LogP contribution in [-0.2, 0) is 0 Å². The van der Waals surface area contributed by atoms with Gasteiger partial charge in [-0.3, -0.25) is 9.20 Å². The molecule has 2 aliphatic rings. The average molecular weight is 455 g/mol. The molecule has 0 fully saturated rings. The van der Waals surface area contributed by atoms with Gasteiger partial charge in [0.2, 0.25) is 5.36 Å². The minimum atomic E-state index is -1.26. The standard InChI is InChI=1S/C27H23N3O4/c1-28(2)16-8-10-18-23(13-16)34-24-14-17(29(3)4)9-11-19(24)25(18)20-15-21(27(32)33)26(31)30-12-6-5-7-22(20)30/h5-15H,1-4H3/p+1. The summed E-state index contributed by atoms with van der Waals surface area (Å²) in [6.07, 6.45) is 1.60. The predicted molar refractivity (Wildman–Crippen MR) is 134 cm³/mol. The molecule has 0 saturated carbocycles. The third kappa shape index (κ3) is 3.33. The number of nitrogens with zero attached hydrogens (tertiary/aromatic N) is 3. The molecule has 5 rings (SSSR count). The number of carbonyl (C=O) groups is 1. The number of carboxylic acid groups (broad SMARTS) is 1. The van der Waals surface area contributed by atoms with E-state index in [1.807, 2.05) is 86.2 Å². The van der Waals surface area contributed by atoms with Crippen molar-refractivity contribution in [3.05, 3.63) is 88.1 Å². The Kier molecular flexibility index (Phi) is 4.97. The molecule has 0 unspecified atom stereocenters. The first-order chi connectivity index (χ1) is 16.3. The van der Waals surface area contributed by atoms with Crippen LogP contribution in [0, 0.1) is 0 Å². The Hall–Kier alpha value is -4.39. The predicted octanol–water partition coefficient (Wildman–Crippen LogP) is 3.61. The summed E-state index contributed by atoms with van der Waals surface area (Å²) in [5, 5.41) is 11.6. The number of pyridine rings is 2. The van der Waals surface area contributed by atoms with Crippen LogP contribution in [0.4, 0.5) is 5.69 Å². The Morgan fingerprint density at radius 3 is 2.50 bits per heavy atom. The van der Waals surface area contributed by atoms with Gasteiger partial charge >= 0.3 is 5.97 Å². The fourth-order valence-corrected chi connectivity index (χ4v) is 4.32. The molecule has 0 spiro atoms. The van der Waals surface area contributed by atoms with Gasteiger partial charge in [-0.1, -0.05) is 6.07 Å². The highest BCUT2D eigenvalue weighted by molar-refractivity contribution is 6.07. The zero-order chi connectivity index (χ0) is 24.1. The van der Waals surface area contributed by atoms with E-state index in [-0.39, 0.29) is 5.56 Å². The van der Waals surface area contributed by atoms with E-state index in [1.165, 1.54) is 10.5 Å². The van der Waals surface area contributed by atoms with Crippen molar-refractivity contribution in [3.8, 4) is 22.5 Å². The Bertz CT molecular complexity index is 1710. The van der Waals surface area contributed by atoms with Crippen LogP contribution in [0.1, 0.15) is 10.4 Å². The van der Waals surface area contributed by atoms with Gasteiger partial charge < -0.3 is 14.4 Å². The summed E-state index contributed by atoms with van der Waals surface area (Å²) < 4.78 is 9.75. The number of fused-ring (bicyclic) bond motifs is 3. The molecule has 0 atom stereocenters. The van der Waals surface area contributed by atoms with E-state index in [0.717, 1.165) is 27.6 Å². The molecule has 3 aromatic rings. The fourth-order valence-electron chi connectivity index (χ4n) is 4.32. The molecule has 0 saturated heterocycles. The molecular formula is C27H24N3O4+. The van der Waals surface area contributed by atoms with Gasteiger partial charge in [-0.05, 0) is 36.4 Å². The first-order valence-corrected chi connectivity index (χ1v) is 10.8. The van der Waals surface area contributed by atoms with Crippen LogP contribution in [0.3, 0.4) is 0 Å². The van der Waals surface area contributed by atoms with Crippen LogP contribution < -0.4 is 20.4 Å². The van der Waals surface area contributed by atoms with Crippen molar-refractivity contribution in [1.82, 2.24) is 8.98 Å². The molecule has 1 aromatic carbocycles. The lowest BCUT2D eigenvalue weighted by Gasteiger charge is -2.19. The summed E-state index contributed by atoms with van der Waals surface area (Å²) in [5.41, 5.74) is 3.72. The molecule has 0 amide bonds. The third-order valence-electron chi connectivity index (χ3n) is 6.10. The van der Waals surface area contributed by atoms with Crippen LogP contribution >= 0.6 is 0 Å².